The summed E-state index contributed by atoms with van der Waals surface area (Å²) in [5, 5.41) is 5.46. The molecule has 1 unspecified atom stereocenters. The molecule has 1 aliphatic heterocycles. The highest BCUT2D eigenvalue weighted by atomic mass is 32.2. The molecule has 0 spiro atoms. The van der Waals surface area contributed by atoms with Crippen molar-refractivity contribution in [2.75, 3.05) is 18.6 Å². The van der Waals surface area contributed by atoms with Crippen LogP contribution in [0, 0.1) is 0 Å². The number of rotatable bonds is 4. The fourth-order valence-electron chi connectivity index (χ4n) is 2.03. The molecular formula is C12H17NO2S2. The second-order valence-corrected chi connectivity index (χ2v) is 6.30. The van der Waals surface area contributed by atoms with Crippen molar-refractivity contribution in [2.24, 2.45) is 0 Å². The molecule has 1 atom stereocenters. The fraction of sp³-hybridized carbons (Fsp3) is 0.583. The smallest absolute Gasteiger partial charge is 0.326 e. The van der Waals surface area contributed by atoms with E-state index < -0.39 is 5.54 Å². The van der Waals surface area contributed by atoms with Crippen LogP contribution in [0.5, 0.6) is 0 Å². The van der Waals surface area contributed by atoms with Crippen LogP contribution in [0.2, 0.25) is 0 Å². The predicted molar refractivity (Wildman–Crippen MR) is 72.5 cm³/mol. The van der Waals surface area contributed by atoms with E-state index in [1.54, 1.807) is 11.3 Å². The number of hydrogen-bond acceptors (Lipinski definition) is 5. The van der Waals surface area contributed by atoms with Crippen molar-refractivity contribution in [3.05, 3.63) is 22.4 Å². The van der Waals surface area contributed by atoms with Crippen molar-refractivity contribution in [2.45, 2.75) is 24.9 Å². The quantitative estimate of drug-likeness (QED) is 0.853. The van der Waals surface area contributed by atoms with Crippen LogP contribution < -0.4 is 5.32 Å². The molecule has 94 valence electrons. The number of ether oxygens (including phenoxy) is 1. The first kappa shape index (κ1) is 12.9. The van der Waals surface area contributed by atoms with Crippen molar-refractivity contribution in [3.63, 3.8) is 0 Å². The van der Waals surface area contributed by atoms with Gasteiger partial charge in [-0.1, -0.05) is 6.07 Å². The maximum absolute atomic E-state index is 12.0. The number of carbonyl (C=O) groups excluding carboxylic acids is 1. The molecule has 0 aliphatic carbocycles. The maximum Gasteiger partial charge on any atom is 0.326 e. The molecule has 0 aromatic carbocycles. The van der Waals surface area contributed by atoms with Crippen molar-refractivity contribution < 1.29 is 9.53 Å². The Morgan fingerprint density at radius 1 is 1.65 bits per heavy atom. The second-order valence-electron chi connectivity index (χ2n) is 4.16. The molecule has 0 amide bonds. The number of thiophene rings is 1. The molecule has 1 aromatic rings. The summed E-state index contributed by atoms with van der Waals surface area (Å²) in [7, 11) is 1.47. The van der Waals surface area contributed by atoms with Crippen LogP contribution in [0.15, 0.2) is 17.5 Å². The molecule has 1 aliphatic rings. The summed E-state index contributed by atoms with van der Waals surface area (Å²) in [6.45, 7) is 0.743. The lowest BCUT2D eigenvalue weighted by Crippen LogP contribution is -2.55. The van der Waals surface area contributed by atoms with Crippen molar-refractivity contribution in [1.82, 2.24) is 5.32 Å². The van der Waals surface area contributed by atoms with E-state index >= 15 is 0 Å². The molecule has 0 radical (unpaired) electrons. The summed E-state index contributed by atoms with van der Waals surface area (Å²) >= 11 is 3.53. The van der Waals surface area contributed by atoms with E-state index in [4.69, 9.17) is 4.74 Å². The molecule has 2 rings (SSSR count). The van der Waals surface area contributed by atoms with Gasteiger partial charge in [0.15, 0.2) is 0 Å². The predicted octanol–water partition coefficient (Wildman–Crippen LogP) is 2.28. The molecule has 5 heteroatoms. The van der Waals surface area contributed by atoms with Gasteiger partial charge < -0.3 is 4.74 Å². The summed E-state index contributed by atoms with van der Waals surface area (Å²) < 4.78 is 4.95. The van der Waals surface area contributed by atoms with E-state index in [-0.39, 0.29) is 5.97 Å². The molecule has 3 nitrogen and oxygen atoms in total. The van der Waals surface area contributed by atoms with Gasteiger partial charge in [-0.25, -0.2) is 0 Å². The minimum Gasteiger partial charge on any atom is -0.468 e. The zero-order chi connectivity index (χ0) is 12.1. The molecule has 0 bridgehead atoms. The highest BCUT2D eigenvalue weighted by Crippen LogP contribution is 2.28. The fourth-order valence-corrected chi connectivity index (χ4v) is 3.88. The van der Waals surface area contributed by atoms with Crippen LogP contribution in [0.4, 0.5) is 0 Å². The van der Waals surface area contributed by atoms with Gasteiger partial charge >= 0.3 is 5.97 Å². The van der Waals surface area contributed by atoms with Crippen LogP contribution in [0.25, 0.3) is 0 Å². The third kappa shape index (κ3) is 3.03. The highest BCUT2D eigenvalue weighted by Gasteiger charge is 2.40. The van der Waals surface area contributed by atoms with Gasteiger partial charge in [0.1, 0.15) is 5.54 Å². The zero-order valence-corrected chi connectivity index (χ0v) is 11.5. The monoisotopic (exact) mass is 271 g/mol. The Bertz CT molecular complexity index is 359. The number of hydrogen-bond donors (Lipinski definition) is 1. The van der Waals surface area contributed by atoms with E-state index in [1.165, 1.54) is 12.0 Å². The first-order valence-corrected chi connectivity index (χ1v) is 7.74. The Balaban J connectivity index is 2.02. The van der Waals surface area contributed by atoms with Crippen LogP contribution in [-0.2, 0) is 16.1 Å². The lowest BCUT2D eigenvalue weighted by molar-refractivity contribution is -0.148. The average molecular weight is 271 g/mol. The topological polar surface area (TPSA) is 38.3 Å². The van der Waals surface area contributed by atoms with Gasteiger partial charge in [0.05, 0.1) is 7.11 Å². The second kappa shape index (κ2) is 5.89. The largest absolute Gasteiger partial charge is 0.468 e. The molecule has 1 saturated heterocycles. The van der Waals surface area contributed by atoms with E-state index in [2.05, 4.69) is 16.8 Å². The summed E-state index contributed by atoms with van der Waals surface area (Å²) in [6.07, 6.45) is 1.94. The van der Waals surface area contributed by atoms with Gasteiger partial charge in [0.25, 0.3) is 0 Å². The Labute approximate surface area is 110 Å². The lowest BCUT2D eigenvalue weighted by Gasteiger charge is -2.34. The summed E-state index contributed by atoms with van der Waals surface area (Å²) in [5.41, 5.74) is -0.484. The van der Waals surface area contributed by atoms with E-state index in [1.807, 2.05) is 17.8 Å². The van der Waals surface area contributed by atoms with E-state index in [9.17, 15) is 4.79 Å². The molecule has 17 heavy (non-hydrogen) atoms. The summed E-state index contributed by atoms with van der Waals surface area (Å²) in [6, 6.07) is 4.11. The van der Waals surface area contributed by atoms with E-state index in [0.717, 1.165) is 30.9 Å². The Morgan fingerprint density at radius 2 is 2.53 bits per heavy atom. The molecule has 1 fully saturated rings. The first-order chi connectivity index (χ1) is 8.27. The molecular weight excluding hydrogens is 254 g/mol. The number of thioether (sulfide) groups is 1. The van der Waals surface area contributed by atoms with Gasteiger partial charge in [0, 0.05) is 17.2 Å². The SMILES string of the molecule is COC(=O)C1(NCc2cccs2)CCCSC1. The third-order valence-corrected chi connectivity index (χ3v) is 5.15. The normalized spacial score (nSPS) is 24.5. The van der Waals surface area contributed by atoms with E-state index in [0.29, 0.717) is 0 Å². The van der Waals surface area contributed by atoms with Gasteiger partial charge in [-0.2, -0.15) is 11.8 Å². The van der Waals surface area contributed by atoms with Crippen molar-refractivity contribution >= 4 is 29.1 Å². The van der Waals surface area contributed by atoms with Crippen molar-refractivity contribution in [1.29, 1.82) is 0 Å². The van der Waals surface area contributed by atoms with Gasteiger partial charge in [-0.15, -0.1) is 11.3 Å². The summed E-state index contributed by atoms with van der Waals surface area (Å²) in [5.74, 6) is 1.83. The number of carbonyl (C=O) groups is 1. The zero-order valence-electron chi connectivity index (χ0n) is 9.90. The standard InChI is InChI=1S/C12H17NO2S2/c1-15-11(14)12(5-3-6-16-9-12)13-8-10-4-2-7-17-10/h2,4,7,13H,3,5-6,8-9H2,1H3. The number of methoxy groups -OCH3 is 1. The number of esters is 1. The summed E-state index contributed by atoms with van der Waals surface area (Å²) in [4.78, 5) is 13.2. The minimum atomic E-state index is -0.484. The lowest BCUT2D eigenvalue weighted by atomic mass is 9.95. The van der Waals surface area contributed by atoms with Crippen LogP contribution in [-0.4, -0.2) is 30.1 Å². The van der Waals surface area contributed by atoms with Crippen LogP contribution in [0.3, 0.4) is 0 Å². The highest BCUT2D eigenvalue weighted by molar-refractivity contribution is 7.99. The molecule has 2 heterocycles. The van der Waals surface area contributed by atoms with Gasteiger partial charge in [-0.05, 0) is 30.0 Å². The van der Waals surface area contributed by atoms with Gasteiger partial charge in [0.2, 0.25) is 0 Å². The van der Waals surface area contributed by atoms with Crippen LogP contribution in [0.1, 0.15) is 17.7 Å². The van der Waals surface area contributed by atoms with Crippen molar-refractivity contribution in [3.8, 4) is 0 Å². The third-order valence-electron chi connectivity index (χ3n) is 3.00. The first-order valence-electron chi connectivity index (χ1n) is 5.70. The minimum absolute atomic E-state index is 0.124. The Morgan fingerprint density at radius 3 is 3.12 bits per heavy atom. The average Bonchev–Trinajstić information content (AvgIpc) is 2.89. The van der Waals surface area contributed by atoms with Gasteiger partial charge in [-0.3, -0.25) is 10.1 Å². The Kier molecular flexibility index (Phi) is 4.48. The molecule has 1 aromatic heterocycles. The van der Waals surface area contributed by atoms with Crippen LogP contribution >= 0.6 is 23.1 Å². The maximum atomic E-state index is 12.0. The number of nitrogens with one attached hydrogen (secondary N) is 1. The molecule has 0 saturated carbocycles. The Hall–Kier alpha value is -0.520. The molecule has 1 N–H and O–H groups in total.